The van der Waals surface area contributed by atoms with Crippen LogP contribution in [0, 0.1) is 12.8 Å². The van der Waals surface area contributed by atoms with Gasteiger partial charge in [-0.1, -0.05) is 25.4 Å². The average molecular weight is 297 g/mol. The predicted octanol–water partition coefficient (Wildman–Crippen LogP) is 3.32. The molecule has 2 rings (SSSR count). The molecule has 0 bridgehead atoms. The number of anilines is 1. The molecular weight excluding hydrogens is 272 g/mol. The monoisotopic (exact) mass is 296 g/mol. The zero-order chi connectivity index (χ0) is 14.7. The lowest BCUT2D eigenvalue weighted by molar-refractivity contribution is 0.226. The summed E-state index contributed by atoms with van der Waals surface area (Å²) >= 11 is 6.21. The molecule has 1 aliphatic heterocycles. The lowest BCUT2D eigenvalue weighted by atomic mass is 9.97. The topological polar surface area (TPSA) is 41.1 Å². The predicted molar refractivity (Wildman–Crippen MR) is 84.6 cm³/mol. The summed E-state index contributed by atoms with van der Waals surface area (Å²) in [4.78, 5) is 11.3. The summed E-state index contributed by atoms with van der Waals surface area (Å²) in [6.07, 6.45) is 2.50. The molecule has 0 saturated carbocycles. The molecule has 20 heavy (non-hydrogen) atoms. The number of hydrogen-bond acceptors (Lipinski definition) is 4. The van der Waals surface area contributed by atoms with E-state index in [4.69, 9.17) is 11.6 Å². The van der Waals surface area contributed by atoms with Crippen molar-refractivity contribution in [1.82, 2.24) is 14.9 Å². The minimum absolute atomic E-state index is 0.289. The molecule has 5 heteroatoms. The fraction of sp³-hybridized carbons (Fsp3) is 0.733. The molecule has 1 aromatic rings. The normalized spacial score (nSPS) is 17.7. The van der Waals surface area contributed by atoms with E-state index >= 15 is 0 Å². The Morgan fingerprint density at radius 2 is 1.95 bits per heavy atom. The Morgan fingerprint density at radius 3 is 2.55 bits per heavy atom. The molecule has 0 atom stereocenters. The third-order valence-corrected chi connectivity index (χ3v) is 4.38. The highest BCUT2D eigenvalue weighted by Gasteiger charge is 2.18. The molecule has 0 unspecified atom stereocenters. The van der Waals surface area contributed by atoms with Crippen LogP contribution in [-0.2, 0) is 0 Å². The Balaban J connectivity index is 2.01. The Bertz CT molecular complexity index is 453. The number of piperidine rings is 1. The zero-order valence-corrected chi connectivity index (χ0v) is 13.7. The first-order valence-electron chi connectivity index (χ1n) is 7.43. The van der Waals surface area contributed by atoms with Gasteiger partial charge in [-0.15, -0.1) is 0 Å². The van der Waals surface area contributed by atoms with Gasteiger partial charge in [-0.05, 0) is 45.8 Å². The number of likely N-dealkylation sites (tertiary alicyclic amines) is 1. The van der Waals surface area contributed by atoms with Gasteiger partial charge in [-0.3, -0.25) is 0 Å². The molecule has 0 aromatic carbocycles. The number of halogens is 1. The Kier molecular flexibility index (Phi) is 5.22. The van der Waals surface area contributed by atoms with Crippen molar-refractivity contribution in [2.24, 2.45) is 5.92 Å². The van der Waals surface area contributed by atoms with E-state index in [1.807, 2.05) is 6.92 Å². The van der Waals surface area contributed by atoms with Gasteiger partial charge >= 0.3 is 0 Å². The molecule has 112 valence electrons. The van der Waals surface area contributed by atoms with Gasteiger partial charge in [0.25, 0.3) is 0 Å². The molecule has 1 fully saturated rings. The lowest BCUT2D eigenvalue weighted by Gasteiger charge is -2.29. The lowest BCUT2D eigenvalue weighted by Crippen LogP contribution is -2.33. The third-order valence-electron chi connectivity index (χ3n) is 4.02. The van der Waals surface area contributed by atoms with Gasteiger partial charge < -0.3 is 10.2 Å². The minimum atomic E-state index is 0.289. The smallest absolute Gasteiger partial charge is 0.137 e. The van der Waals surface area contributed by atoms with Crippen LogP contribution in [-0.4, -0.2) is 41.5 Å². The van der Waals surface area contributed by atoms with E-state index < -0.39 is 0 Å². The summed E-state index contributed by atoms with van der Waals surface area (Å²) in [5, 5.41) is 4.04. The summed E-state index contributed by atoms with van der Waals surface area (Å²) in [6, 6.07) is 0. The fourth-order valence-electron chi connectivity index (χ4n) is 2.44. The van der Waals surface area contributed by atoms with Gasteiger partial charge in [0.05, 0.1) is 0 Å². The highest BCUT2D eigenvalue weighted by atomic mass is 35.5. The first-order chi connectivity index (χ1) is 9.47. The Labute approximate surface area is 126 Å². The second-order valence-electron chi connectivity index (χ2n) is 6.13. The second-order valence-corrected chi connectivity index (χ2v) is 6.49. The van der Waals surface area contributed by atoms with Crippen molar-refractivity contribution in [3.05, 3.63) is 16.5 Å². The van der Waals surface area contributed by atoms with E-state index in [-0.39, 0.29) is 5.92 Å². The van der Waals surface area contributed by atoms with Crippen LogP contribution in [0.25, 0.3) is 0 Å². The molecule has 2 heterocycles. The number of nitrogens with one attached hydrogen (secondary N) is 1. The number of aromatic nitrogens is 2. The standard InChI is InChI=1S/C15H25ClN4/c1-10(2)14-18-13(16)11(3)15(19-14)17-9-12-5-7-20(4)8-6-12/h10,12H,5-9H2,1-4H3,(H,17,18,19). The van der Waals surface area contributed by atoms with Gasteiger partial charge in [-0.2, -0.15) is 0 Å². The van der Waals surface area contributed by atoms with Crippen LogP contribution in [0.1, 0.15) is 44.0 Å². The number of rotatable bonds is 4. The van der Waals surface area contributed by atoms with Crippen molar-refractivity contribution in [1.29, 1.82) is 0 Å². The maximum absolute atomic E-state index is 6.21. The van der Waals surface area contributed by atoms with E-state index in [1.165, 1.54) is 25.9 Å². The van der Waals surface area contributed by atoms with Crippen molar-refractivity contribution in [2.75, 3.05) is 32.0 Å². The molecule has 0 radical (unpaired) electrons. The van der Waals surface area contributed by atoms with Crippen LogP contribution in [0.2, 0.25) is 5.15 Å². The van der Waals surface area contributed by atoms with E-state index in [1.54, 1.807) is 0 Å². The van der Waals surface area contributed by atoms with Crippen molar-refractivity contribution < 1.29 is 0 Å². The van der Waals surface area contributed by atoms with Gasteiger partial charge in [0, 0.05) is 18.0 Å². The highest BCUT2D eigenvalue weighted by molar-refractivity contribution is 6.30. The minimum Gasteiger partial charge on any atom is -0.369 e. The SMILES string of the molecule is Cc1c(Cl)nc(C(C)C)nc1NCC1CCN(C)CC1. The van der Waals surface area contributed by atoms with Crippen LogP contribution >= 0.6 is 11.6 Å². The van der Waals surface area contributed by atoms with Gasteiger partial charge in [-0.25, -0.2) is 9.97 Å². The van der Waals surface area contributed by atoms with Gasteiger partial charge in [0.1, 0.15) is 16.8 Å². The van der Waals surface area contributed by atoms with E-state index in [2.05, 4.69) is 41.1 Å². The van der Waals surface area contributed by atoms with E-state index in [9.17, 15) is 0 Å². The highest BCUT2D eigenvalue weighted by Crippen LogP contribution is 2.24. The molecule has 1 N–H and O–H groups in total. The van der Waals surface area contributed by atoms with Crippen LogP contribution in [0.5, 0.6) is 0 Å². The first-order valence-corrected chi connectivity index (χ1v) is 7.81. The van der Waals surface area contributed by atoms with Gasteiger partial charge in [0.15, 0.2) is 0 Å². The van der Waals surface area contributed by atoms with Crippen molar-refractivity contribution in [3.63, 3.8) is 0 Å². The maximum atomic E-state index is 6.21. The molecule has 0 aliphatic carbocycles. The second kappa shape index (κ2) is 6.72. The number of nitrogens with zero attached hydrogens (tertiary/aromatic N) is 3. The van der Waals surface area contributed by atoms with Crippen LogP contribution in [0.3, 0.4) is 0 Å². The van der Waals surface area contributed by atoms with Crippen molar-refractivity contribution in [2.45, 2.75) is 39.5 Å². The largest absolute Gasteiger partial charge is 0.369 e. The van der Waals surface area contributed by atoms with Crippen LogP contribution in [0.4, 0.5) is 5.82 Å². The molecule has 1 aliphatic rings. The summed E-state index contributed by atoms with van der Waals surface area (Å²) in [6.45, 7) is 9.49. The molecule has 1 aromatic heterocycles. The van der Waals surface area contributed by atoms with Gasteiger partial charge in [0.2, 0.25) is 0 Å². The summed E-state index contributed by atoms with van der Waals surface area (Å²) in [5.41, 5.74) is 0.948. The third kappa shape index (κ3) is 3.83. The molecule has 0 amide bonds. The van der Waals surface area contributed by atoms with E-state index in [0.717, 1.165) is 29.7 Å². The fourth-order valence-corrected chi connectivity index (χ4v) is 2.62. The summed E-state index contributed by atoms with van der Waals surface area (Å²) in [5.74, 6) is 2.72. The summed E-state index contributed by atoms with van der Waals surface area (Å²) < 4.78 is 0. The Morgan fingerprint density at radius 1 is 1.30 bits per heavy atom. The van der Waals surface area contributed by atoms with Crippen LogP contribution < -0.4 is 5.32 Å². The maximum Gasteiger partial charge on any atom is 0.137 e. The van der Waals surface area contributed by atoms with Crippen molar-refractivity contribution >= 4 is 17.4 Å². The molecular formula is C15H25ClN4. The summed E-state index contributed by atoms with van der Waals surface area (Å²) in [7, 11) is 2.19. The quantitative estimate of drug-likeness (QED) is 0.866. The first kappa shape index (κ1) is 15.5. The average Bonchev–Trinajstić information content (AvgIpc) is 2.42. The Hall–Kier alpha value is -0.870. The van der Waals surface area contributed by atoms with Crippen LogP contribution in [0.15, 0.2) is 0 Å². The molecule has 4 nitrogen and oxygen atoms in total. The van der Waals surface area contributed by atoms with E-state index in [0.29, 0.717) is 5.15 Å². The molecule has 0 spiro atoms. The number of hydrogen-bond donors (Lipinski definition) is 1. The van der Waals surface area contributed by atoms with Crippen molar-refractivity contribution in [3.8, 4) is 0 Å². The molecule has 1 saturated heterocycles. The zero-order valence-electron chi connectivity index (χ0n) is 12.9.